The Balaban J connectivity index is 0.000000150. The molecule has 16 rings (SSSR count). The summed E-state index contributed by atoms with van der Waals surface area (Å²) in [6, 6.07) is 15.4. The van der Waals surface area contributed by atoms with E-state index in [9.17, 15) is 71.9 Å². The number of halogens is 12. The number of alkyl halides is 12. The molecule has 0 amide bonds. The number of nitrogens with one attached hydrogen (secondary N) is 2. The molecule has 0 radical (unpaired) electrons. The first-order valence-corrected chi connectivity index (χ1v) is 51.6. The summed E-state index contributed by atoms with van der Waals surface area (Å²) >= 11 is 12.3. The molecule has 4 aromatic carbocycles. The average molecular weight is 1980 g/mol. The van der Waals surface area contributed by atoms with Crippen LogP contribution in [0.2, 0.25) is 0 Å². The van der Waals surface area contributed by atoms with E-state index < -0.39 is 47.0 Å². The van der Waals surface area contributed by atoms with Crippen LogP contribution in [0, 0.1) is 5.92 Å². The Morgan fingerprint density at radius 3 is 1.07 bits per heavy atom. The second kappa shape index (κ2) is 46.3. The van der Waals surface area contributed by atoms with Gasteiger partial charge in [0.2, 0.25) is 0 Å². The van der Waals surface area contributed by atoms with Crippen LogP contribution in [0.5, 0.6) is 0 Å². The topological polar surface area (TPSA) is 181 Å². The van der Waals surface area contributed by atoms with Crippen molar-refractivity contribution >= 4 is 155 Å². The van der Waals surface area contributed by atoms with Gasteiger partial charge in [0.15, 0.2) is 0 Å². The Morgan fingerprint density at radius 1 is 0.371 bits per heavy atom. The minimum atomic E-state index is -4.40. The van der Waals surface area contributed by atoms with Crippen LogP contribution in [-0.2, 0) is 127 Å². The number of nitrogens with zero attached hydrogens (tertiary/aromatic N) is 4. The molecule has 4 unspecified atom stereocenters. The summed E-state index contributed by atoms with van der Waals surface area (Å²) in [4.78, 5) is 78.6. The molecule has 132 heavy (non-hydrogen) atoms. The zero-order valence-electron chi connectivity index (χ0n) is 75.1. The van der Waals surface area contributed by atoms with Gasteiger partial charge < -0.3 is 29.6 Å². The van der Waals surface area contributed by atoms with E-state index in [0.717, 1.165) is 261 Å². The highest BCUT2D eigenvalue weighted by atomic mass is 32.1. The molecule has 2 N–H and O–H groups in total. The van der Waals surface area contributed by atoms with Gasteiger partial charge in [-0.15, -0.1) is 90.7 Å². The fourth-order valence-corrected chi connectivity index (χ4v) is 27.3. The molecule has 0 bridgehead atoms. The van der Waals surface area contributed by atoms with Crippen molar-refractivity contribution in [1.82, 2.24) is 30.6 Å². The minimum Gasteiger partial charge on any atom is -0.385 e. The Morgan fingerprint density at radius 2 is 0.705 bits per heavy atom. The largest absolute Gasteiger partial charge is 0.416 e. The van der Waals surface area contributed by atoms with E-state index in [4.69, 9.17) is 18.9 Å². The lowest BCUT2D eigenvalue weighted by Crippen LogP contribution is -2.32. The molecule has 12 aromatic rings. The molecule has 0 saturated carbocycles. The van der Waals surface area contributed by atoms with Crippen molar-refractivity contribution in [3.05, 3.63) is 156 Å². The first-order chi connectivity index (χ1) is 63.1. The summed E-state index contributed by atoms with van der Waals surface area (Å²) in [6.07, 6.45) is 4.73. The Labute approximate surface area is 792 Å². The number of rotatable bonds is 36. The third-order valence-corrected chi connectivity index (χ3v) is 33.8. The highest BCUT2D eigenvalue weighted by Gasteiger charge is 2.38. The van der Waals surface area contributed by atoms with E-state index in [-0.39, 0.29) is 29.2 Å². The molecule has 0 saturated heterocycles. The Hall–Kier alpha value is -7.16. The normalized spacial score (nSPS) is 16.3. The highest BCUT2D eigenvalue weighted by molar-refractivity contribution is 7.24. The van der Waals surface area contributed by atoms with Crippen LogP contribution < -0.4 is 10.6 Å². The van der Waals surface area contributed by atoms with Gasteiger partial charge in [-0.25, -0.2) is 19.9 Å². The number of aryl methyl sites for hydroxylation is 1. The van der Waals surface area contributed by atoms with Crippen LogP contribution in [0.3, 0.4) is 0 Å². The van der Waals surface area contributed by atoms with E-state index >= 15 is 0 Å². The maximum absolute atomic E-state index is 13.2. The number of methoxy groups -OCH3 is 4. The Kier molecular flexibility index (Phi) is 35.9. The first kappa shape index (κ1) is 102. The molecule has 14 nitrogen and oxygen atoms in total. The molecule has 2 aliphatic heterocycles. The first-order valence-electron chi connectivity index (χ1n) is 45.0. The molecule has 8 aromatic heterocycles. The number of carbonyl (C=O) groups is 4. The molecule has 0 fully saturated rings. The van der Waals surface area contributed by atoms with Crippen molar-refractivity contribution in [2.24, 2.45) is 5.92 Å². The quantitative estimate of drug-likeness (QED) is 0.0280. The van der Waals surface area contributed by atoms with Gasteiger partial charge in [0, 0.05) is 186 Å². The Bertz CT molecular complexity index is 5610. The molecule has 4 aliphatic rings. The minimum absolute atomic E-state index is 0.182. The monoisotopic (exact) mass is 1980 g/mol. The summed E-state index contributed by atoms with van der Waals surface area (Å²) in [7, 11) is 6.70. The van der Waals surface area contributed by atoms with Gasteiger partial charge in [0.1, 0.15) is 43.2 Å². The molecular formula is C98H110F12N6O8S8. The molecular weight excluding hydrogens is 1870 g/mol. The lowest BCUT2D eigenvalue weighted by molar-refractivity contribution is -0.138. The maximum atomic E-state index is 13.2. The van der Waals surface area contributed by atoms with Gasteiger partial charge in [-0.3, -0.25) is 19.2 Å². The summed E-state index contributed by atoms with van der Waals surface area (Å²) in [6.45, 7) is 13.1. The predicted octanol–water partition coefficient (Wildman–Crippen LogP) is 28.3. The smallest absolute Gasteiger partial charge is 0.385 e. The summed E-state index contributed by atoms with van der Waals surface area (Å²) in [5, 5.41) is 9.80. The zero-order valence-corrected chi connectivity index (χ0v) is 81.7. The van der Waals surface area contributed by atoms with Gasteiger partial charge >= 0.3 is 24.7 Å². The van der Waals surface area contributed by atoms with Crippen molar-refractivity contribution in [1.29, 1.82) is 0 Å². The van der Waals surface area contributed by atoms with Crippen LogP contribution in [0.4, 0.5) is 52.7 Å². The molecule has 4 atom stereocenters. The third kappa shape index (κ3) is 26.4. The van der Waals surface area contributed by atoms with Crippen LogP contribution >= 0.6 is 90.7 Å². The predicted molar refractivity (Wildman–Crippen MR) is 511 cm³/mol. The van der Waals surface area contributed by atoms with Gasteiger partial charge in [-0.1, -0.05) is 39.5 Å². The lowest BCUT2D eigenvalue weighted by atomic mass is 9.87. The second-order valence-electron chi connectivity index (χ2n) is 34.5. The van der Waals surface area contributed by atoms with Crippen LogP contribution in [0.1, 0.15) is 245 Å². The maximum Gasteiger partial charge on any atom is 0.416 e. The zero-order chi connectivity index (χ0) is 94.3. The van der Waals surface area contributed by atoms with E-state index in [0.29, 0.717) is 128 Å². The number of benzene rings is 4. The number of Topliss-reactive ketones (excluding diaryl/α,β-unsaturated/α-hetero) is 4. The highest BCUT2D eigenvalue weighted by Crippen LogP contribution is 2.52. The van der Waals surface area contributed by atoms with Gasteiger partial charge in [0.25, 0.3) is 0 Å². The SMILES string of the molecule is COCCCCCC(=O)Cc1sc2c(c1-c1nc3cc(C(F)(F)F)ccc3s1)CC(C)CC2.COCCCCCC(=O)Cc1sc2c(c1-c1nc3cc(C(F)(F)F)ccc3s1)CC(C)NC2.COCCCCCC(=O)Cc1sc2c(c1-c1nc3cc(C(F)(F)F)ccc3s1)CCCC2C.COCCCCCC(=O)Cc1sc2c(c1-c1nc3cc(C(F)(F)F)ccc3s1)CCNC2C. The molecule has 34 heteroatoms. The number of thiophene rings is 4. The van der Waals surface area contributed by atoms with Gasteiger partial charge in [0.05, 0.1) is 63.1 Å². The molecule has 712 valence electrons. The average Bonchev–Trinajstić information content (AvgIpc) is 1.62. The number of ether oxygens (including phenoxy) is 4. The number of unbranched alkanes of at least 4 members (excludes halogenated alkanes) is 8. The van der Waals surface area contributed by atoms with Crippen LogP contribution in [-0.4, -0.2) is 111 Å². The van der Waals surface area contributed by atoms with Gasteiger partial charge in [-0.05, 0) is 230 Å². The van der Waals surface area contributed by atoms with Crippen LogP contribution in [0.15, 0.2) is 72.8 Å². The van der Waals surface area contributed by atoms with Crippen molar-refractivity contribution in [2.75, 3.05) is 61.4 Å². The van der Waals surface area contributed by atoms with E-state index in [2.05, 4.69) is 58.3 Å². The standard InChI is InChI=1S/2C25H28F3NO2S2.2C24H27F3N2O2S2/c1-15-7-6-9-18-22(21(32-23(15)18)14-17(30)8-4-3-5-12-31-2)24-29-19-13-16(25(26,27)28)10-11-20(19)33-24;1-15-7-9-20-18(12-15)23(22(32-20)14-17(30)6-4-3-5-11-31-2)24-29-19-13-16(25(26,27)28)8-10-21(19)33-24;1-14-22-17(9-10-28-14)21(20(32-22)13-16(30)6-4-3-5-11-31-2)23-29-18-12-15(24(25,26)27)7-8-19(18)33-23;1-14-10-17-21(13-28-14)32-20(12-16(30)6-4-3-5-9-31-2)22(17)23-29-18-11-15(24(25,26)27)7-8-19(18)33-23/h10-11,13,15H,3-9,12,14H2,1-2H3;8,10,13,15H,3-7,9,11-12,14H2,1-2H3;7-8,12,14,28H,3-6,9-11,13H2,1-2H3;7-8,11,14,28H,3-6,9-10,12-13H2,1-2H3. The van der Waals surface area contributed by atoms with Crippen molar-refractivity contribution in [2.45, 2.75) is 257 Å². The number of ketones is 4. The molecule has 0 spiro atoms. The van der Waals surface area contributed by atoms with Crippen molar-refractivity contribution in [3.63, 3.8) is 0 Å². The van der Waals surface area contributed by atoms with Crippen molar-refractivity contribution < 1.29 is 90.8 Å². The van der Waals surface area contributed by atoms with E-state index in [1.807, 2.05) is 0 Å². The number of hydrogen-bond acceptors (Lipinski definition) is 22. The number of aromatic nitrogens is 4. The van der Waals surface area contributed by atoms with Crippen LogP contribution in [0.25, 0.3) is 83.2 Å². The number of thiazole rings is 4. The fourth-order valence-electron chi connectivity index (χ4n) is 17.3. The molecule has 10 heterocycles. The number of fused-ring (bicyclic) bond motifs is 8. The van der Waals surface area contributed by atoms with E-state index in [1.165, 1.54) is 111 Å². The summed E-state index contributed by atoms with van der Waals surface area (Å²) in [5.74, 6) is 1.77. The second-order valence-corrected chi connectivity index (χ2v) is 43.3. The van der Waals surface area contributed by atoms with E-state index in [1.54, 1.807) is 73.8 Å². The number of carbonyl (C=O) groups excluding carboxylic acids is 4. The van der Waals surface area contributed by atoms with Crippen molar-refractivity contribution in [3.8, 4) is 42.3 Å². The lowest BCUT2D eigenvalue weighted by Gasteiger charge is -2.20. The fraction of sp³-hybridized carbons (Fsp3) is 0.510. The third-order valence-electron chi connectivity index (χ3n) is 24.2. The molecule has 2 aliphatic carbocycles. The summed E-state index contributed by atoms with van der Waals surface area (Å²) in [5.41, 5.74) is 7.47. The van der Waals surface area contributed by atoms with Gasteiger partial charge in [-0.2, -0.15) is 52.7 Å². The number of hydrogen-bond donors (Lipinski definition) is 2. The summed E-state index contributed by atoms with van der Waals surface area (Å²) < 4.78 is 181.